The highest BCUT2D eigenvalue weighted by atomic mass is 14.9. The van der Waals surface area contributed by atoms with Gasteiger partial charge in [-0.05, 0) is 48.4 Å². The van der Waals surface area contributed by atoms with Crippen molar-refractivity contribution in [1.29, 1.82) is 0 Å². The zero-order valence-electron chi connectivity index (χ0n) is 11.4. The molecule has 0 unspecified atom stereocenters. The van der Waals surface area contributed by atoms with E-state index >= 15 is 0 Å². The topological polar surface area (TPSA) is 50.9 Å². The summed E-state index contributed by atoms with van der Waals surface area (Å²) in [5.41, 5.74) is 11.2. The van der Waals surface area contributed by atoms with Gasteiger partial charge in [0.15, 0.2) is 0 Å². The summed E-state index contributed by atoms with van der Waals surface area (Å²) >= 11 is 0. The fourth-order valence-corrected chi connectivity index (χ4v) is 2.31. The number of nitrogens with zero attached hydrogens (tertiary/aromatic N) is 1. The Morgan fingerprint density at radius 2 is 2.00 bits per heavy atom. The van der Waals surface area contributed by atoms with Gasteiger partial charge >= 0.3 is 0 Å². The first kappa shape index (κ1) is 12.5. The lowest BCUT2D eigenvalue weighted by atomic mass is 10.1. The molecule has 0 radical (unpaired) electrons. The lowest BCUT2D eigenvalue weighted by Gasteiger charge is -2.12. The van der Waals surface area contributed by atoms with Gasteiger partial charge in [0.2, 0.25) is 0 Å². The first-order valence-electron chi connectivity index (χ1n) is 6.77. The molecule has 0 saturated carbocycles. The Labute approximate surface area is 118 Å². The molecule has 3 rings (SSSR count). The highest BCUT2D eigenvalue weighted by Crippen LogP contribution is 2.30. The van der Waals surface area contributed by atoms with Gasteiger partial charge in [-0.3, -0.25) is 4.98 Å². The maximum atomic E-state index is 6.23. The van der Waals surface area contributed by atoms with Crippen LogP contribution >= 0.6 is 0 Å². The van der Waals surface area contributed by atoms with Crippen molar-refractivity contribution in [3.63, 3.8) is 0 Å². The molecule has 0 aliphatic rings. The summed E-state index contributed by atoms with van der Waals surface area (Å²) in [5, 5.41) is 4.36. The van der Waals surface area contributed by atoms with Gasteiger partial charge in [0, 0.05) is 17.3 Å². The molecule has 3 nitrogen and oxygen atoms in total. The number of hydrogen-bond acceptors (Lipinski definition) is 3. The van der Waals surface area contributed by atoms with Crippen molar-refractivity contribution < 1.29 is 0 Å². The van der Waals surface area contributed by atoms with Crippen LogP contribution in [-0.2, 0) is 6.42 Å². The summed E-state index contributed by atoms with van der Waals surface area (Å²) in [4.78, 5) is 4.31. The van der Waals surface area contributed by atoms with Crippen LogP contribution in [0.2, 0.25) is 0 Å². The molecule has 0 amide bonds. The summed E-state index contributed by atoms with van der Waals surface area (Å²) in [5.74, 6) is 0. The minimum atomic E-state index is 0.734. The van der Waals surface area contributed by atoms with Crippen LogP contribution in [-0.4, -0.2) is 4.98 Å². The van der Waals surface area contributed by atoms with E-state index in [1.165, 1.54) is 5.56 Å². The average molecular weight is 263 g/mol. The van der Waals surface area contributed by atoms with Crippen molar-refractivity contribution in [3.05, 3.63) is 60.3 Å². The van der Waals surface area contributed by atoms with Crippen LogP contribution in [0.3, 0.4) is 0 Å². The number of aryl methyl sites for hydroxylation is 1. The van der Waals surface area contributed by atoms with Crippen LogP contribution in [0, 0.1) is 0 Å². The average Bonchev–Trinajstić information content (AvgIpc) is 2.50. The molecule has 2 aromatic carbocycles. The van der Waals surface area contributed by atoms with Crippen LogP contribution < -0.4 is 11.1 Å². The third kappa shape index (κ3) is 2.30. The van der Waals surface area contributed by atoms with Crippen molar-refractivity contribution in [2.24, 2.45) is 0 Å². The summed E-state index contributed by atoms with van der Waals surface area (Å²) in [6, 6.07) is 16.2. The lowest BCUT2D eigenvalue weighted by Crippen LogP contribution is -1.98. The molecular weight excluding hydrogens is 246 g/mol. The van der Waals surface area contributed by atoms with E-state index in [9.17, 15) is 0 Å². The van der Waals surface area contributed by atoms with Crippen molar-refractivity contribution >= 4 is 28.0 Å². The number of anilines is 3. The number of hydrogen-bond donors (Lipinski definition) is 2. The second kappa shape index (κ2) is 5.21. The molecule has 0 aliphatic carbocycles. The number of benzene rings is 2. The Morgan fingerprint density at radius 1 is 1.10 bits per heavy atom. The molecule has 3 aromatic rings. The summed E-state index contributed by atoms with van der Waals surface area (Å²) in [6.45, 7) is 2.15. The maximum Gasteiger partial charge on any atom is 0.0724 e. The monoisotopic (exact) mass is 263 g/mol. The predicted molar refractivity (Wildman–Crippen MR) is 85.3 cm³/mol. The minimum absolute atomic E-state index is 0.734. The number of pyridine rings is 1. The zero-order valence-corrected chi connectivity index (χ0v) is 11.4. The third-order valence-electron chi connectivity index (χ3n) is 3.44. The molecule has 0 atom stereocenters. The molecule has 0 fully saturated rings. The molecule has 3 N–H and O–H groups in total. The third-order valence-corrected chi connectivity index (χ3v) is 3.44. The van der Waals surface area contributed by atoms with Gasteiger partial charge in [-0.2, -0.15) is 0 Å². The van der Waals surface area contributed by atoms with Crippen molar-refractivity contribution in [2.75, 3.05) is 11.1 Å². The maximum absolute atomic E-state index is 6.23. The number of aromatic nitrogens is 1. The van der Waals surface area contributed by atoms with Crippen LogP contribution in [0.25, 0.3) is 10.9 Å². The van der Waals surface area contributed by atoms with E-state index < -0.39 is 0 Å². The van der Waals surface area contributed by atoms with Gasteiger partial charge in [-0.1, -0.05) is 19.1 Å². The first-order valence-corrected chi connectivity index (χ1v) is 6.77. The Morgan fingerprint density at radius 3 is 2.85 bits per heavy atom. The quantitative estimate of drug-likeness (QED) is 0.699. The molecule has 20 heavy (non-hydrogen) atoms. The Bertz CT molecular complexity index is 750. The van der Waals surface area contributed by atoms with Crippen LogP contribution in [0.4, 0.5) is 17.1 Å². The summed E-state index contributed by atoms with van der Waals surface area (Å²) in [7, 11) is 0. The van der Waals surface area contributed by atoms with Crippen LogP contribution in [0.5, 0.6) is 0 Å². The number of nitrogens with one attached hydrogen (secondary N) is 1. The highest BCUT2D eigenvalue weighted by molar-refractivity contribution is 5.97. The number of nitrogen functional groups attached to an aromatic ring is 1. The summed E-state index contributed by atoms with van der Waals surface area (Å²) < 4.78 is 0. The molecule has 1 aromatic heterocycles. The Hall–Kier alpha value is -2.55. The van der Waals surface area contributed by atoms with Gasteiger partial charge in [0.05, 0.1) is 16.9 Å². The summed E-state index contributed by atoms with van der Waals surface area (Å²) in [6.07, 6.45) is 2.80. The number of fused-ring (bicyclic) bond motifs is 1. The standard InChI is InChI=1S/C17H17N3/c1-2-12-5-3-6-13(11-12)20-16-9-8-15-14(17(16)18)7-4-10-19-15/h3-11,20H,2,18H2,1H3. The van der Waals surface area contributed by atoms with E-state index in [0.29, 0.717) is 0 Å². The van der Waals surface area contributed by atoms with Gasteiger partial charge in [-0.25, -0.2) is 0 Å². The van der Waals surface area contributed by atoms with E-state index in [2.05, 4.69) is 35.4 Å². The van der Waals surface area contributed by atoms with E-state index in [1.54, 1.807) is 6.20 Å². The van der Waals surface area contributed by atoms with Crippen LogP contribution in [0.15, 0.2) is 54.7 Å². The second-order valence-corrected chi connectivity index (χ2v) is 4.78. The van der Waals surface area contributed by atoms with Crippen molar-refractivity contribution in [1.82, 2.24) is 4.98 Å². The largest absolute Gasteiger partial charge is 0.396 e. The van der Waals surface area contributed by atoms with E-state index in [-0.39, 0.29) is 0 Å². The molecule has 100 valence electrons. The first-order chi connectivity index (χ1) is 9.78. The molecule has 0 aliphatic heterocycles. The smallest absolute Gasteiger partial charge is 0.0724 e. The van der Waals surface area contributed by atoms with Gasteiger partial charge in [0.1, 0.15) is 0 Å². The Kier molecular flexibility index (Phi) is 3.25. The van der Waals surface area contributed by atoms with Crippen LogP contribution in [0.1, 0.15) is 12.5 Å². The molecule has 0 bridgehead atoms. The second-order valence-electron chi connectivity index (χ2n) is 4.78. The van der Waals surface area contributed by atoms with E-state index in [1.807, 2.05) is 30.3 Å². The predicted octanol–water partition coefficient (Wildman–Crippen LogP) is 4.12. The number of nitrogens with two attached hydrogens (primary N) is 1. The molecule has 1 heterocycles. The zero-order chi connectivity index (χ0) is 13.9. The normalized spacial score (nSPS) is 10.7. The highest BCUT2D eigenvalue weighted by Gasteiger charge is 2.05. The minimum Gasteiger partial charge on any atom is -0.396 e. The lowest BCUT2D eigenvalue weighted by molar-refractivity contribution is 1.14. The Balaban J connectivity index is 2.00. The SMILES string of the molecule is CCc1cccc(Nc2ccc3ncccc3c2N)c1. The van der Waals surface area contributed by atoms with E-state index in [4.69, 9.17) is 5.73 Å². The molecule has 0 saturated heterocycles. The van der Waals surface area contributed by atoms with Gasteiger partial charge < -0.3 is 11.1 Å². The van der Waals surface area contributed by atoms with Gasteiger partial charge in [0.25, 0.3) is 0 Å². The molecule has 0 spiro atoms. The molecular formula is C17H17N3. The van der Waals surface area contributed by atoms with Crippen molar-refractivity contribution in [2.45, 2.75) is 13.3 Å². The van der Waals surface area contributed by atoms with E-state index in [0.717, 1.165) is 34.4 Å². The number of rotatable bonds is 3. The fraction of sp³-hybridized carbons (Fsp3) is 0.118. The fourth-order valence-electron chi connectivity index (χ4n) is 2.31. The van der Waals surface area contributed by atoms with Gasteiger partial charge in [-0.15, -0.1) is 0 Å². The van der Waals surface area contributed by atoms with Crippen molar-refractivity contribution in [3.8, 4) is 0 Å². The molecule has 3 heteroatoms.